The number of piperidine rings is 2. The van der Waals surface area contributed by atoms with Crippen LogP contribution in [0.25, 0.3) is 0 Å². The van der Waals surface area contributed by atoms with Crippen LogP contribution in [0.1, 0.15) is 93.9 Å². The molecule has 2 rings (SSSR count). The number of rotatable bonds is 5. The third-order valence-electron chi connectivity index (χ3n) is 6.59. The van der Waals surface area contributed by atoms with Gasteiger partial charge in [0.25, 0.3) is 0 Å². The van der Waals surface area contributed by atoms with Gasteiger partial charge < -0.3 is 14.5 Å². The second kappa shape index (κ2) is 15.7. The zero-order valence-corrected chi connectivity index (χ0v) is 22.1. The highest BCUT2D eigenvalue weighted by Crippen LogP contribution is 2.34. The minimum Gasteiger partial charge on any atom is -0.384 e. The lowest BCUT2D eigenvalue weighted by atomic mass is 9.75. The number of amides is 2. The molecule has 5 heteroatoms. The molecule has 2 aliphatic heterocycles. The number of nitrogens with zero attached hydrogens (tertiary/aromatic N) is 2. The van der Waals surface area contributed by atoms with Crippen LogP contribution in [0, 0.1) is 23.2 Å². The molecule has 2 aliphatic rings. The van der Waals surface area contributed by atoms with Crippen molar-refractivity contribution in [1.29, 1.82) is 0 Å². The van der Waals surface area contributed by atoms with Gasteiger partial charge in [0, 0.05) is 39.2 Å². The van der Waals surface area contributed by atoms with Gasteiger partial charge in [0.15, 0.2) is 0 Å². The number of methoxy groups -OCH3 is 1. The summed E-state index contributed by atoms with van der Waals surface area (Å²) in [5, 5.41) is 0. The molecule has 2 amide bonds. The summed E-state index contributed by atoms with van der Waals surface area (Å²) in [7, 11) is 1.64. The highest BCUT2D eigenvalue weighted by Gasteiger charge is 2.30. The predicted molar refractivity (Wildman–Crippen MR) is 131 cm³/mol. The molecule has 184 valence electrons. The second-order valence-corrected chi connectivity index (χ2v) is 10.1. The van der Waals surface area contributed by atoms with E-state index in [1.54, 1.807) is 7.11 Å². The topological polar surface area (TPSA) is 49.9 Å². The minimum absolute atomic E-state index is 0.149. The number of hydrogen-bond acceptors (Lipinski definition) is 3. The summed E-state index contributed by atoms with van der Waals surface area (Å²) in [6, 6.07) is 0. The molecule has 0 unspecified atom stereocenters. The minimum atomic E-state index is 0.149. The monoisotopic (exact) mass is 440 g/mol. The Hall–Kier alpha value is -1.10. The third kappa shape index (κ3) is 11.4. The first-order chi connectivity index (χ1) is 14.6. The zero-order valence-electron chi connectivity index (χ0n) is 22.1. The molecule has 0 aromatic rings. The molecule has 0 spiro atoms. The fourth-order valence-electron chi connectivity index (χ4n) is 4.27. The van der Waals surface area contributed by atoms with E-state index in [4.69, 9.17) is 4.74 Å². The van der Waals surface area contributed by atoms with Gasteiger partial charge >= 0.3 is 0 Å². The van der Waals surface area contributed by atoms with Gasteiger partial charge in [0.2, 0.25) is 11.8 Å². The van der Waals surface area contributed by atoms with E-state index in [2.05, 4.69) is 27.7 Å². The Labute approximate surface area is 193 Å². The summed E-state index contributed by atoms with van der Waals surface area (Å²) < 4.78 is 4.90. The molecule has 0 bridgehead atoms. The number of ether oxygens (including phenoxy) is 1. The Morgan fingerprint density at radius 1 is 0.935 bits per heavy atom. The summed E-state index contributed by atoms with van der Waals surface area (Å²) in [6.07, 6.45) is 6.47. The standard InChI is InChI=1S/C13H25NO.C11H21NO2.C2H6/c1-10(2)12(15)14-8-6-11(7-9-14)13(3,4)5;1-3-10-4-7-12(8-5-10)11(13)6-9-14-2;1-2/h10-11H,6-9H2,1-5H3;10H,3-9H2,1-2H3;1-2H3. The van der Waals surface area contributed by atoms with Crippen molar-refractivity contribution >= 4 is 11.8 Å². The second-order valence-electron chi connectivity index (χ2n) is 10.1. The summed E-state index contributed by atoms with van der Waals surface area (Å²) in [5.74, 6) is 2.33. The molecule has 0 atom stereocenters. The highest BCUT2D eigenvalue weighted by atomic mass is 16.5. The van der Waals surface area contributed by atoms with Gasteiger partial charge in [0.05, 0.1) is 13.0 Å². The summed E-state index contributed by atoms with van der Waals surface area (Å²) in [6.45, 7) is 21.5. The van der Waals surface area contributed by atoms with E-state index >= 15 is 0 Å². The summed E-state index contributed by atoms with van der Waals surface area (Å²) >= 11 is 0. The van der Waals surface area contributed by atoms with Crippen LogP contribution in [-0.4, -0.2) is 61.5 Å². The van der Waals surface area contributed by atoms with Crippen molar-refractivity contribution in [2.75, 3.05) is 39.9 Å². The molecule has 0 aromatic carbocycles. The van der Waals surface area contributed by atoms with Gasteiger partial charge in [-0.3, -0.25) is 9.59 Å². The van der Waals surface area contributed by atoms with Crippen LogP contribution < -0.4 is 0 Å². The van der Waals surface area contributed by atoms with Crippen LogP contribution in [0.15, 0.2) is 0 Å². The maximum Gasteiger partial charge on any atom is 0.225 e. The average molecular weight is 441 g/mol. The Bertz CT molecular complexity index is 483. The zero-order chi connectivity index (χ0) is 24.0. The molecule has 0 aromatic heterocycles. The third-order valence-corrected chi connectivity index (χ3v) is 6.59. The molecular weight excluding hydrogens is 388 g/mol. The maximum atomic E-state index is 11.8. The fourth-order valence-corrected chi connectivity index (χ4v) is 4.27. The summed E-state index contributed by atoms with van der Waals surface area (Å²) in [4.78, 5) is 27.4. The maximum absolute atomic E-state index is 11.8. The van der Waals surface area contributed by atoms with Crippen LogP contribution in [-0.2, 0) is 14.3 Å². The number of carbonyl (C=O) groups is 2. The van der Waals surface area contributed by atoms with E-state index in [0.717, 1.165) is 38.0 Å². The molecule has 2 fully saturated rings. The van der Waals surface area contributed by atoms with Crippen LogP contribution >= 0.6 is 0 Å². The lowest BCUT2D eigenvalue weighted by Gasteiger charge is -2.39. The molecule has 0 radical (unpaired) electrons. The van der Waals surface area contributed by atoms with Gasteiger partial charge in [0.1, 0.15) is 0 Å². The molecule has 0 N–H and O–H groups in total. The van der Waals surface area contributed by atoms with E-state index in [1.807, 2.05) is 37.5 Å². The number of carbonyl (C=O) groups excluding carboxylic acids is 2. The number of hydrogen-bond donors (Lipinski definition) is 0. The van der Waals surface area contributed by atoms with E-state index in [-0.39, 0.29) is 11.8 Å². The van der Waals surface area contributed by atoms with Crippen LogP contribution in [0.3, 0.4) is 0 Å². The van der Waals surface area contributed by atoms with Crippen molar-refractivity contribution in [2.45, 2.75) is 93.9 Å². The van der Waals surface area contributed by atoms with E-state index in [9.17, 15) is 9.59 Å². The smallest absolute Gasteiger partial charge is 0.225 e. The molecule has 2 saturated heterocycles. The molecule has 5 nitrogen and oxygen atoms in total. The Balaban J connectivity index is 0.000000539. The quantitative estimate of drug-likeness (QED) is 0.557. The first kappa shape index (κ1) is 29.9. The predicted octanol–water partition coefficient (Wildman–Crippen LogP) is 5.62. The Morgan fingerprint density at radius 2 is 1.42 bits per heavy atom. The molecular formula is C26H52N2O3. The van der Waals surface area contributed by atoms with Crippen molar-refractivity contribution in [1.82, 2.24) is 9.80 Å². The van der Waals surface area contributed by atoms with Gasteiger partial charge in [-0.05, 0) is 42.9 Å². The largest absolute Gasteiger partial charge is 0.384 e. The average Bonchev–Trinajstić information content (AvgIpc) is 2.78. The molecule has 0 aliphatic carbocycles. The Morgan fingerprint density at radius 3 is 1.81 bits per heavy atom. The van der Waals surface area contributed by atoms with Crippen molar-refractivity contribution in [3.05, 3.63) is 0 Å². The van der Waals surface area contributed by atoms with Gasteiger partial charge in [-0.2, -0.15) is 0 Å². The van der Waals surface area contributed by atoms with Crippen LogP contribution in [0.4, 0.5) is 0 Å². The lowest BCUT2D eigenvalue weighted by molar-refractivity contribution is -0.136. The normalized spacial score (nSPS) is 18.1. The lowest BCUT2D eigenvalue weighted by Crippen LogP contribution is -2.43. The summed E-state index contributed by atoms with van der Waals surface area (Å²) in [5.41, 5.74) is 0.396. The van der Waals surface area contributed by atoms with Gasteiger partial charge in [-0.1, -0.05) is 61.8 Å². The van der Waals surface area contributed by atoms with E-state index < -0.39 is 0 Å². The van der Waals surface area contributed by atoms with Crippen molar-refractivity contribution in [3.8, 4) is 0 Å². The molecule has 31 heavy (non-hydrogen) atoms. The van der Waals surface area contributed by atoms with Crippen LogP contribution in [0.2, 0.25) is 0 Å². The highest BCUT2D eigenvalue weighted by molar-refractivity contribution is 5.78. The van der Waals surface area contributed by atoms with Crippen molar-refractivity contribution < 1.29 is 14.3 Å². The van der Waals surface area contributed by atoms with Gasteiger partial charge in [-0.15, -0.1) is 0 Å². The van der Waals surface area contributed by atoms with Gasteiger partial charge in [-0.25, -0.2) is 0 Å². The first-order valence-electron chi connectivity index (χ1n) is 12.7. The van der Waals surface area contributed by atoms with E-state index in [1.165, 1.54) is 32.1 Å². The molecule has 2 heterocycles. The number of likely N-dealkylation sites (tertiary alicyclic amines) is 2. The van der Waals surface area contributed by atoms with Crippen molar-refractivity contribution in [3.63, 3.8) is 0 Å². The first-order valence-corrected chi connectivity index (χ1v) is 12.7. The van der Waals surface area contributed by atoms with Crippen LogP contribution in [0.5, 0.6) is 0 Å². The Kier molecular flexibility index (Phi) is 15.1. The van der Waals surface area contributed by atoms with Crippen molar-refractivity contribution in [2.24, 2.45) is 23.2 Å². The fraction of sp³-hybridized carbons (Fsp3) is 0.923. The SMILES string of the molecule is CC.CC(C)C(=O)N1CCC(C(C)(C)C)CC1.CCC1CCN(C(=O)CCOC)CC1. The molecule has 0 saturated carbocycles. The van der Waals surface area contributed by atoms with E-state index in [0.29, 0.717) is 24.3 Å².